The highest BCUT2D eigenvalue weighted by Crippen LogP contribution is 2.25. The van der Waals surface area contributed by atoms with E-state index in [9.17, 15) is 9.59 Å². The molecule has 6 nitrogen and oxygen atoms in total. The van der Waals surface area contributed by atoms with Gasteiger partial charge in [-0.3, -0.25) is 9.59 Å². The maximum Gasteiger partial charge on any atom is 0.263 e. The number of thiophene rings is 1. The van der Waals surface area contributed by atoms with Crippen LogP contribution in [0.3, 0.4) is 0 Å². The largest absolute Gasteiger partial charge is 0.364 e. The summed E-state index contributed by atoms with van der Waals surface area (Å²) in [6, 6.07) is 3.27. The van der Waals surface area contributed by atoms with Gasteiger partial charge >= 0.3 is 0 Å². The van der Waals surface area contributed by atoms with Gasteiger partial charge in [-0.15, -0.1) is 17.8 Å². The SMILES string of the molecule is C#CCO[C@H]1CN[C@H](C(=O)Nc2ccc(C(=O)N3CCCC3)s2)C1. The van der Waals surface area contributed by atoms with Crippen molar-refractivity contribution in [3.8, 4) is 12.3 Å². The van der Waals surface area contributed by atoms with Crippen LogP contribution >= 0.6 is 11.3 Å². The van der Waals surface area contributed by atoms with Crippen molar-refractivity contribution < 1.29 is 14.3 Å². The third-order valence-electron chi connectivity index (χ3n) is 4.27. The summed E-state index contributed by atoms with van der Waals surface area (Å²) >= 11 is 1.32. The van der Waals surface area contributed by atoms with Crippen LogP contribution in [0.1, 0.15) is 28.9 Å². The number of ether oxygens (including phenoxy) is 1. The van der Waals surface area contributed by atoms with Crippen molar-refractivity contribution in [2.75, 3.05) is 31.6 Å². The topological polar surface area (TPSA) is 70.7 Å². The van der Waals surface area contributed by atoms with E-state index in [1.165, 1.54) is 11.3 Å². The maximum absolute atomic E-state index is 12.3. The van der Waals surface area contributed by atoms with Crippen LogP contribution in [-0.4, -0.2) is 55.1 Å². The number of nitrogens with one attached hydrogen (secondary N) is 2. The summed E-state index contributed by atoms with van der Waals surface area (Å²) in [5, 5.41) is 6.70. The summed E-state index contributed by atoms with van der Waals surface area (Å²) < 4.78 is 5.45. The predicted octanol–water partition coefficient (Wildman–Crippen LogP) is 1.30. The van der Waals surface area contributed by atoms with E-state index >= 15 is 0 Å². The summed E-state index contributed by atoms with van der Waals surface area (Å²) in [6.07, 6.45) is 7.86. The lowest BCUT2D eigenvalue weighted by atomic mass is 10.2. The first-order valence-corrected chi connectivity index (χ1v) is 8.97. The Morgan fingerprint density at radius 1 is 1.42 bits per heavy atom. The molecule has 128 valence electrons. The minimum absolute atomic E-state index is 0.0348. The molecule has 24 heavy (non-hydrogen) atoms. The summed E-state index contributed by atoms with van der Waals surface area (Å²) in [6.45, 7) is 2.52. The van der Waals surface area contributed by atoms with Gasteiger partial charge in [-0.2, -0.15) is 0 Å². The Morgan fingerprint density at radius 3 is 2.96 bits per heavy atom. The van der Waals surface area contributed by atoms with E-state index in [1.807, 2.05) is 4.90 Å². The zero-order chi connectivity index (χ0) is 16.9. The number of carbonyl (C=O) groups excluding carboxylic acids is 2. The van der Waals surface area contributed by atoms with Crippen LogP contribution in [0, 0.1) is 12.3 Å². The maximum atomic E-state index is 12.3. The molecule has 0 radical (unpaired) electrons. The smallest absolute Gasteiger partial charge is 0.263 e. The third kappa shape index (κ3) is 3.96. The Kier molecular flexibility index (Phi) is 5.51. The standard InChI is InChI=1S/C17H21N3O3S/c1-2-9-23-12-10-13(18-11-12)16(21)19-15-6-5-14(24-15)17(22)20-7-3-4-8-20/h1,5-6,12-13,18H,3-4,7-11H2,(H,19,21)/t12-,13+/m1/s1. The lowest BCUT2D eigenvalue weighted by molar-refractivity contribution is -0.118. The Hall–Kier alpha value is -1.88. The van der Waals surface area contributed by atoms with Crippen LogP contribution in [0.25, 0.3) is 0 Å². The molecule has 2 atom stereocenters. The van der Waals surface area contributed by atoms with Crippen LogP contribution < -0.4 is 10.6 Å². The predicted molar refractivity (Wildman–Crippen MR) is 93.1 cm³/mol. The number of hydrogen-bond donors (Lipinski definition) is 2. The fourth-order valence-electron chi connectivity index (χ4n) is 3.00. The van der Waals surface area contributed by atoms with Gasteiger partial charge in [-0.1, -0.05) is 5.92 Å². The first kappa shape index (κ1) is 17.0. The average molecular weight is 347 g/mol. The quantitative estimate of drug-likeness (QED) is 0.788. The molecule has 2 amide bonds. The molecule has 0 aliphatic carbocycles. The van der Waals surface area contributed by atoms with Crippen molar-refractivity contribution in [2.45, 2.75) is 31.4 Å². The van der Waals surface area contributed by atoms with Crippen LogP contribution in [0.2, 0.25) is 0 Å². The first-order valence-electron chi connectivity index (χ1n) is 8.16. The number of anilines is 1. The molecule has 0 saturated carbocycles. The first-order chi connectivity index (χ1) is 11.7. The molecule has 7 heteroatoms. The number of likely N-dealkylation sites (tertiary alicyclic amines) is 1. The summed E-state index contributed by atoms with van der Waals surface area (Å²) in [7, 11) is 0. The molecule has 2 fully saturated rings. The van der Waals surface area contributed by atoms with Gasteiger partial charge in [-0.05, 0) is 31.4 Å². The molecule has 0 bridgehead atoms. The highest BCUT2D eigenvalue weighted by molar-refractivity contribution is 7.18. The van der Waals surface area contributed by atoms with Gasteiger partial charge in [0.2, 0.25) is 5.91 Å². The Labute approximate surface area is 145 Å². The van der Waals surface area contributed by atoms with Gasteiger partial charge in [0.1, 0.15) is 6.61 Å². The number of terminal acetylenes is 1. The van der Waals surface area contributed by atoms with Crippen molar-refractivity contribution in [1.29, 1.82) is 0 Å². The molecule has 0 unspecified atom stereocenters. The molecule has 2 N–H and O–H groups in total. The van der Waals surface area contributed by atoms with E-state index in [-0.39, 0.29) is 30.6 Å². The fourth-order valence-corrected chi connectivity index (χ4v) is 3.88. The van der Waals surface area contributed by atoms with Crippen LogP contribution in [0.4, 0.5) is 5.00 Å². The van der Waals surface area contributed by atoms with Gasteiger partial charge < -0.3 is 20.3 Å². The second kappa shape index (κ2) is 7.79. The molecular weight excluding hydrogens is 326 g/mol. The van der Waals surface area contributed by atoms with Crippen LogP contribution in [0.15, 0.2) is 12.1 Å². The van der Waals surface area contributed by atoms with Gasteiger partial charge in [0.15, 0.2) is 0 Å². The second-order valence-corrected chi connectivity index (χ2v) is 7.07. The summed E-state index contributed by atoms with van der Waals surface area (Å²) in [4.78, 5) is 27.2. The summed E-state index contributed by atoms with van der Waals surface area (Å²) in [5.74, 6) is 2.38. The number of rotatable bonds is 5. The van der Waals surface area contributed by atoms with E-state index in [0.717, 1.165) is 25.9 Å². The minimum Gasteiger partial charge on any atom is -0.364 e. The molecule has 3 heterocycles. The number of nitrogens with zero attached hydrogens (tertiary/aromatic N) is 1. The van der Waals surface area contributed by atoms with Crippen molar-refractivity contribution >= 4 is 28.2 Å². The van der Waals surface area contributed by atoms with Gasteiger partial charge in [0.25, 0.3) is 5.91 Å². The van der Waals surface area contributed by atoms with Crippen molar-refractivity contribution in [2.24, 2.45) is 0 Å². The van der Waals surface area contributed by atoms with Crippen LogP contribution in [-0.2, 0) is 9.53 Å². The van der Waals surface area contributed by atoms with Crippen molar-refractivity contribution in [3.05, 3.63) is 17.0 Å². The van der Waals surface area contributed by atoms with Gasteiger partial charge in [0, 0.05) is 19.6 Å². The van der Waals surface area contributed by atoms with E-state index in [2.05, 4.69) is 16.6 Å². The monoisotopic (exact) mass is 347 g/mol. The van der Waals surface area contributed by atoms with E-state index in [0.29, 0.717) is 22.8 Å². The number of amides is 2. The van der Waals surface area contributed by atoms with Crippen molar-refractivity contribution in [3.63, 3.8) is 0 Å². The normalized spacial score (nSPS) is 23.2. The fraction of sp³-hybridized carbons (Fsp3) is 0.529. The number of hydrogen-bond acceptors (Lipinski definition) is 5. The molecule has 3 rings (SSSR count). The lowest BCUT2D eigenvalue weighted by Crippen LogP contribution is -2.35. The van der Waals surface area contributed by atoms with Crippen LogP contribution in [0.5, 0.6) is 0 Å². The van der Waals surface area contributed by atoms with E-state index in [4.69, 9.17) is 11.2 Å². The minimum atomic E-state index is -0.299. The second-order valence-electron chi connectivity index (χ2n) is 5.99. The Bertz CT molecular complexity index is 646. The zero-order valence-corrected chi connectivity index (χ0v) is 14.2. The highest BCUT2D eigenvalue weighted by atomic mass is 32.1. The molecule has 2 saturated heterocycles. The zero-order valence-electron chi connectivity index (χ0n) is 13.4. The Balaban J connectivity index is 1.52. The lowest BCUT2D eigenvalue weighted by Gasteiger charge is -2.13. The average Bonchev–Trinajstić information content (AvgIpc) is 3.32. The molecule has 0 spiro atoms. The molecule has 1 aromatic rings. The third-order valence-corrected chi connectivity index (χ3v) is 5.25. The van der Waals surface area contributed by atoms with E-state index in [1.54, 1.807) is 12.1 Å². The highest BCUT2D eigenvalue weighted by Gasteiger charge is 2.30. The Morgan fingerprint density at radius 2 is 2.21 bits per heavy atom. The van der Waals surface area contributed by atoms with E-state index < -0.39 is 0 Å². The molecule has 0 aromatic carbocycles. The van der Waals surface area contributed by atoms with Crippen molar-refractivity contribution in [1.82, 2.24) is 10.2 Å². The molecule has 2 aliphatic heterocycles. The molecule has 1 aromatic heterocycles. The van der Waals surface area contributed by atoms with Gasteiger partial charge in [-0.25, -0.2) is 0 Å². The molecule has 2 aliphatic rings. The van der Waals surface area contributed by atoms with Gasteiger partial charge in [0.05, 0.1) is 22.0 Å². The summed E-state index contributed by atoms with van der Waals surface area (Å²) in [5.41, 5.74) is 0. The molecular formula is C17H21N3O3S. The number of carbonyl (C=O) groups is 2.